The van der Waals surface area contributed by atoms with E-state index in [0.717, 1.165) is 12.8 Å². The predicted molar refractivity (Wildman–Crippen MR) is 86.6 cm³/mol. The van der Waals surface area contributed by atoms with Crippen LogP contribution in [0.4, 0.5) is 0 Å². The van der Waals surface area contributed by atoms with Crippen molar-refractivity contribution < 1.29 is 4.79 Å². The Morgan fingerprint density at radius 1 is 0.955 bits per heavy atom. The Balaban J connectivity index is 1.71. The Hall–Kier alpha value is -2.68. The van der Waals surface area contributed by atoms with Gasteiger partial charge in [-0.25, -0.2) is 0 Å². The zero-order valence-electron chi connectivity index (χ0n) is 12.1. The van der Waals surface area contributed by atoms with Gasteiger partial charge in [0, 0.05) is 18.0 Å². The number of carbonyl (C=O) groups excluding carboxylic acids is 1. The average Bonchev–Trinajstić information content (AvgIpc) is 3.35. The quantitative estimate of drug-likeness (QED) is 0.799. The van der Waals surface area contributed by atoms with Gasteiger partial charge in [-0.3, -0.25) is 9.78 Å². The lowest BCUT2D eigenvalue weighted by molar-refractivity contribution is 0.0931. The van der Waals surface area contributed by atoms with Gasteiger partial charge in [-0.15, -0.1) is 0 Å². The Labute approximate surface area is 129 Å². The van der Waals surface area contributed by atoms with Gasteiger partial charge in [0.25, 0.3) is 5.91 Å². The molecule has 4 rings (SSSR count). The number of hydrogen-bond donors (Lipinski definition) is 1. The molecule has 0 atom stereocenters. The molecule has 1 fully saturated rings. The molecular weight excluding hydrogens is 272 g/mol. The molecule has 1 N–H and O–H groups in total. The second-order valence-electron chi connectivity index (χ2n) is 5.80. The largest absolute Gasteiger partial charge is 0.342 e. The molecule has 0 unspecified atom stereocenters. The van der Waals surface area contributed by atoms with Crippen molar-refractivity contribution in [1.82, 2.24) is 10.3 Å². The van der Waals surface area contributed by atoms with Crippen LogP contribution < -0.4 is 5.32 Å². The maximum atomic E-state index is 12.5. The zero-order chi connectivity index (χ0) is 15.0. The van der Waals surface area contributed by atoms with E-state index in [9.17, 15) is 4.79 Å². The molecule has 108 valence electrons. The van der Waals surface area contributed by atoms with E-state index in [-0.39, 0.29) is 11.4 Å². The summed E-state index contributed by atoms with van der Waals surface area (Å²) >= 11 is 0. The highest BCUT2D eigenvalue weighted by Gasteiger charge is 2.46. The Kier molecular flexibility index (Phi) is 2.93. The summed E-state index contributed by atoms with van der Waals surface area (Å²) in [7, 11) is 0. The van der Waals surface area contributed by atoms with E-state index < -0.39 is 0 Å². The van der Waals surface area contributed by atoms with Gasteiger partial charge in [0.1, 0.15) is 0 Å². The van der Waals surface area contributed by atoms with Crippen LogP contribution in [0.15, 0.2) is 67.0 Å². The summed E-state index contributed by atoms with van der Waals surface area (Å²) in [5.41, 5.74) is 1.65. The van der Waals surface area contributed by atoms with Crippen molar-refractivity contribution in [3.63, 3.8) is 0 Å². The molecule has 1 saturated carbocycles. The summed E-state index contributed by atoms with van der Waals surface area (Å²) in [6.07, 6.45) is 5.26. The van der Waals surface area contributed by atoms with E-state index >= 15 is 0 Å². The highest BCUT2D eigenvalue weighted by atomic mass is 16.1. The highest BCUT2D eigenvalue weighted by Crippen LogP contribution is 2.48. The SMILES string of the molecule is O=C(NC1(c2cccc3ccccc23)CC1)c1ccncc1. The first-order valence-electron chi connectivity index (χ1n) is 7.49. The van der Waals surface area contributed by atoms with Crippen molar-refractivity contribution in [3.8, 4) is 0 Å². The van der Waals surface area contributed by atoms with Gasteiger partial charge in [0.05, 0.1) is 5.54 Å². The van der Waals surface area contributed by atoms with Crippen molar-refractivity contribution in [2.75, 3.05) is 0 Å². The summed E-state index contributed by atoms with van der Waals surface area (Å²) < 4.78 is 0. The van der Waals surface area contributed by atoms with Gasteiger partial charge in [-0.2, -0.15) is 0 Å². The minimum absolute atomic E-state index is 0.0344. The first-order valence-corrected chi connectivity index (χ1v) is 7.49. The van der Waals surface area contributed by atoms with Gasteiger partial charge in [-0.05, 0) is 41.3 Å². The molecule has 3 nitrogen and oxygen atoms in total. The van der Waals surface area contributed by atoms with Gasteiger partial charge < -0.3 is 5.32 Å². The third-order valence-electron chi connectivity index (χ3n) is 4.35. The van der Waals surface area contributed by atoms with E-state index in [2.05, 4.69) is 40.6 Å². The predicted octanol–water partition coefficient (Wildman–Crippen LogP) is 3.65. The summed E-state index contributed by atoms with van der Waals surface area (Å²) in [6.45, 7) is 0. The molecule has 2 aromatic carbocycles. The van der Waals surface area contributed by atoms with Crippen LogP contribution in [-0.4, -0.2) is 10.9 Å². The molecule has 3 heteroatoms. The average molecular weight is 288 g/mol. The fraction of sp³-hybridized carbons (Fsp3) is 0.158. The molecule has 0 aliphatic heterocycles. The van der Waals surface area contributed by atoms with Crippen LogP contribution in [-0.2, 0) is 5.54 Å². The van der Waals surface area contributed by atoms with E-state index in [1.165, 1.54) is 16.3 Å². The minimum Gasteiger partial charge on any atom is -0.342 e. The maximum absolute atomic E-state index is 12.5. The maximum Gasteiger partial charge on any atom is 0.252 e. The summed E-state index contributed by atoms with van der Waals surface area (Å²) in [6, 6.07) is 18.1. The van der Waals surface area contributed by atoms with Crippen LogP contribution in [0.25, 0.3) is 10.8 Å². The van der Waals surface area contributed by atoms with Crippen LogP contribution >= 0.6 is 0 Å². The summed E-state index contributed by atoms with van der Waals surface area (Å²) in [4.78, 5) is 16.4. The van der Waals surface area contributed by atoms with Crippen molar-refractivity contribution >= 4 is 16.7 Å². The second kappa shape index (κ2) is 4.95. The van der Waals surface area contributed by atoms with Crippen molar-refractivity contribution in [2.45, 2.75) is 18.4 Å². The Morgan fingerprint density at radius 3 is 2.45 bits per heavy atom. The summed E-state index contributed by atoms with van der Waals surface area (Å²) in [5, 5.41) is 5.66. The lowest BCUT2D eigenvalue weighted by atomic mass is 9.96. The van der Waals surface area contributed by atoms with Gasteiger partial charge in [0.2, 0.25) is 0 Å². The number of rotatable bonds is 3. The van der Waals surface area contributed by atoms with E-state index in [4.69, 9.17) is 0 Å². The monoisotopic (exact) mass is 288 g/mol. The summed E-state index contributed by atoms with van der Waals surface area (Å²) in [5.74, 6) is -0.0344. The molecule has 1 amide bonds. The molecule has 1 aliphatic rings. The molecule has 1 aliphatic carbocycles. The molecule has 3 aromatic rings. The van der Waals surface area contributed by atoms with Crippen molar-refractivity contribution in [3.05, 3.63) is 78.1 Å². The van der Waals surface area contributed by atoms with Gasteiger partial charge in [-0.1, -0.05) is 42.5 Å². The second-order valence-corrected chi connectivity index (χ2v) is 5.80. The molecular formula is C19H16N2O. The van der Waals surface area contributed by atoms with E-state index in [0.29, 0.717) is 5.56 Å². The number of aromatic nitrogens is 1. The zero-order valence-corrected chi connectivity index (χ0v) is 12.1. The molecule has 1 heterocycles. The number of nitrogens with one attached hydrogen (secondary N) is 1. The van der Waals surface area contributed by atoms with Crippen molar-refractivity contribution in [2.24, 2.45) is 0 Å². The number of hydrogen-bond acceptors (Lipinski definition) is 2. The van der Waals surface area contributed by atoms with Crippen molar-refractivity contribution in [1.29, 1.82) is 0 Å². The van der Waals surface area contributed by atoms with E-state index in [1.54, 1.807) is 24.5 Å². The fourth-order valence-corrected chi connectivity index (χ4v) is 3.02. The third-order valence-corrected chi connectivity index (χ3v) is 4.35. The van der Waals surface area contributed by atoms with Crippen LogP contribution in [0, 0.1) is 0 Å². The van der Waals surface area contributed by atoms with Crippen LogP contribution in [0.3, 0.4) is 0 Å². The van der Waals surface area contributed by atoms with Gasteiger partial charge in [0.15, 0.2) is 0 Å². The molecule has 22 heavy (non-hydrogen) atoms. The molecule has 0 saturated heterocycles. The number of carbonyl (C=O) groups is 1. The first kappa shape index (κ1) is 13.0. The van der Waals surface area contributed by atoms with E-state index in [1.807, 2.05) is 12.1 Å². The third kappa shape index (κ3) is 2.15. The standard InChI is InChI=1S/C19H16N2O/c22-18(15-8-12-20-13-9-15)21-19(10-11-19)17-7-3-5-14-4-1-2-6-16(14)17/h1-9,12-13H,10-11H2,(H,21,22). The molecule has 1 aromatic heterocycles. The Bertz CT molecular complexity index is 833. The normalized spacial score (nSPS) is 15.5. The number of nitrogens with zero attached hydrogens (tertiary/aromatic N) is 1. The molecule has 0 radical (unpaired) electrons. The molecule has 0 spiro atoms. The minimum atomic E-state index is -0.221. The molecule has 0 bridgehead atoms. The number of pyridine rings is 1. The van der Waals surface area contributed by atoms with Crippen LogP contribution in [0.2, 0.25) is 0 Å². The lowest BCUT2D eigenvalue weighted by Crippen LogP contribution is -2.35. The first-order chi connectivity index (χ1) is 10.8. The lowest BCUT2D eigenvalue weighted by Gasteiger charge is -2.20. The number of benzene rings is 2. The smallest absolute Gasteiger partial charge is 0.252 e. The fourth-order valence-electron chi connectivity index (χ4n) is 3.02. The van der Waals surface area contributed by atoms with Crippen LogP contribution in [0.5, 0.6) is 0 Å². The topological polar surface area (TPSA) is 42.0 Å². The highest BCUT2D eigenvalue weighted by molar-refractivity contribution is 5.96. The van der Waals surface area contributed by atoms with Gasteiger partial charge >= 0.3 is 0 Å². The Morgan fingerprint density at radius 2 is 1.68 bits per heavy atom. The number of amides is 1. The number of fused-ring (bicyclic) bond motifs is 1. The van der Waals surface area contributed by atoms with Crippen LogP contribution in [0.1, 0.15) is 28.8 Å².